The highest BCUT2D eigenvalue weighted by Crippen LogP contribution is 2.66. The van der Waals surface area contributed by atoms with Gasteiger partial charge in [0.25, 0.3) is 0 Å². The number of hydrogen-bond acceptors (Lipinski definition) is 4. The molecular formula is C24H38O4. The van der Waals surface area contributed by atoms with Gasteiger partial charge in [0.1, 0.15) is 6.10 Å². The molecule has 0 N–H and O–H groups in total. The van der Waals surface area contributed by atoms with Gasteiger partial charge in [0, 0.05) is 0 Å². The minimum atomic E-state index is -0.345. The maximum atomic E-state index is 12.1. The number of ether oxygens (including phenoxy) is 2. The zero-order valence-electron chi connectivity index (χ0n) is 18.0. The Hall–Kier alpha value is -1.06. The van der Waals surface area contributed by atoms with Crippen LogP contribution in [0.5, 0.6) is 0 Å². The molecule has 4 nitrogen and oxygen atoms in total. The summed E-state index contributed by atoms with van der Waals surface area (Å²) in [6.45, 7) is 5.13. The molecule has 4 aliphatic rings. The normalized spacial score (nSPS) is 44.8. The van der Waals surface area contributed by atoms with Crippen molar-refractivity contribution in [3.05, 3.63) is 0 Å². The summed E-state index contributed by atoms with van der Waals surface area (Å²) in [6, 6.07) is 0. The SMILES string of the molecule is COC(=O)CCC(=O)O[C@@H]1CC[C@@]2(C)[C@@H](CC[C@H]3[C@@H]4CCC[C@@]4(C)CC[C@@H]32)C1. The highest BCUT2D eigenvalue weighted by molar-refractivity contribution is 5.77. The van der Waals surface area contributed by atoms with Gasteiger partial charge in [0.05, 0.1) is 20.0 Å². The van der Waals surface area contributed by atoms with Crippen molar-refractivity contribution in [2.75, 3.05) is 7.11 Å². The van der Waals surface area contributed by atoms with Crippen molar-refractivity contribution >= 4 is 11.9 Å². The molecular weight excluding hydrogens is 352 g/mol. The molecule has 0 aromatic rings. The predicted octanol–water partition coefficient (Wildman–Crippen LogP) is 5.28. The van der Waals surface area contributed by atoms with E-state index in [1.54, 1.807) is 0 Å². The lowest BCUT2D eigenvalue weighted by atomic mass is 9.45. The number of carbonyl (C=O) groups is 2. The number of methoxy groups -OCH3 is 1. The van der Waals surface area contributed by atoms with Gasteiger partial charge < -0.3 is 9.47 Å². The van der Waals surface area contributed by atoms with E-state index in [9.17, 15) is 9.59 Å². The fourth-order valence-corrected chi connectivity index (χ4v) is 7.87. The van der Waals surface area contributed by atoms with Crippen molar-refractivity contribution in [1.82, 2.24) is 0 Å². The summed E-state index contributed by atoms with van der Waals surface area (Å²) in [5.74, 6) is 2.86. The Morgan fingerprint density at radius 1 is 0.893 bits per heavy atom. The van der Waals surface area contributed by atoms with Crippen LogP contribution < -0.4 is 0 Å². The molecule has 4 fully saturated rings. The van der Waals surface area contributed by atoms with E-state index in [1.165, 1.54) is 58.5 Å². The minimum absolute atomic E-state index is 0.0418. The molecule has 158 valence electrons. The van der Waals surface area contributed by atoms with Crippen molar-refractivity contribution in [3.8, 4) is 0 Å². The first kappa shape index (κ1) is 20.2. The quantitative estimate of drug-likeness (QED) is 0.613. The van der Waals surface area contributed by atoms with Crippen LogP contribution in [0.3, 0.4) is 0 Å². The molecule has 4 heteroatoms. The first-order chi connectivity index (χ1) is 13.4. The smallest absolute Gasteiger partial charge is 0.306 e. The van der Waals surface area contributed by atoms with E-state index in [-0.39, 0.29) is 30.9 Å². The third-order valence-corrected chi connectivity index (χ3v) is 9.46. The van der Waals surface area contributed by atoms with Crippen molar-refractivity contribution in [2.24, 2.45) is 34.5 Å². The van der Waals surface area contributed by atoms with E-state index in [0.717, 1.165) is 30.6 Å². The number of hydrogen-bond donors (Lipinski definition) is 0. The fraction of sp³-hybridized carbons (Fsp3) is 0.917. The van der Waals surface area contributed by atoms with E-state index in [4.69, 9.17) is 4.74 Å². The molecule has 4 rings (SSSR count). The lowest BCUT2D eigenvalue weighted by Crippen LogP contribution is -2.53. The van der Waals surface area contributed by atoms with E-state index < -0.39 is 0 Å². The molecule has 7 atom stereocenters. The van der Waals surface area contributed by atoms with Gasteiger partial charge in [0.15, 0.2) is 0 Å². The molecule has 28 heavy (non-hydrogen) atoms. The third-order valence-electron chi connectivity index (χ3n) is 9.46. The topological polar surface area (TPSA) is 52.6 Å². The molecule has 0 unspecified atom stereocenters. The van der Waals surface area contributed by atoms with E-state index in [0.29, 0.717) is 16.7 Å². The minimum Gasteiger partial charge on any atom is -0.469 e. The predicted molar refractivity (Wildman–Crippen MR) is 107 cm³/mol. The van der Waals surface area contributed by atoms with Crippen LogP contribution >= 0.6 is 0 Å². The van der Waals surface area contributed by atoms with Gasteiger partial charge in [0.2, 0.25) is 0 Å². The van der Waals surface area contributed by atoms with Crippen LogP contribution in [-0.4, -0.2) is 25.2 Å². The zero-order valence-corrected chi connectivity index (χ0v) is 18.0. The molecule has 0 amide bonds. The second-order valence-electron chi connectivity index (χ2n) is 10.7. The molecule has 0 heterocycles. The van der Waals surface area contributed by atoms with Gasteiger partial charge >= 0.3 is 11.9 Å². The van der Waals surface area contributed by atoms with Crippen LogP contribution in [0.15, 0.2) is 0 Å². The molecule has 0 saturated heterocycles. The molecule has 0 aliphatic heterocycles. The second-order valence-corrected chi connectivity index (χ2v) is 10.7. The van der Waals surface area contributed by atoms with E-state index >= 15 is 0 Å². The zero-order chi connectivity index (χ0) is 19.9. The lowest BCUT2D eigenvalue weighted by Gasteiger charge is -2.60. The standard InChI is InChI=1S/C24H38O4/c1-23-12-4-5-19(23)18-7-6-16-15-17(28-22(26)9-8-21(25)27-3)10-14-24(16,2)20(18)11-13-23/h16-20H,4-15H2,1-3H3/t16-,17+,18-,19-,20-,23-,24-/m0/s1. The van der Waals surface area contributed by atoms with Crippen LogP contribution in [0, 0.1) is 34.5 Å². The van der Waals surface area contributed by atoms with Gasteiger partial charge in [-0.3, -0.25) is 9.59 Å². The van der Waals surface area contributed by atoms with Gasteiger partial charge in [-0.15, -0.1) is 0 Å². The summed E-state index contributed by atoms with van der Waals surface area (Å²) >= 11 is 0. The average Bonchev–Trinajstić information content (AvgIpc) is 3.08. The van der Waals surface area contributed by atoms with E-state index in [1.807, 2.05) is 0 Å². The Balaban J connectivity index is 1.37. The highest BCUT2D eigenvalue weighted by atomic mass is 16.5. The first-order valence-corrected chi connectivity index (χ1v) is 11.6. The second kappa shape index (κ2) is 7.65. The van der Waals surface area contributed by atoms with Crippen molar-refractivity contribution in [2.45, 2.75) is 97.0 Å². The van der Waals surface area contributed by atoms with E-state index in [2.05, 4.69) is 18.6 Å². The Bertz CT molecular complexity index is 616. The Kier molecular flexibility index (Phi) is 5.52. The summed E-state index contributed by atoms with van der Waals surface area (Å²) in [5, 5.41) is 0. The Morgan fingerprint density at radius 2 is 1.68 bits per heavy atom. The van der Waals surface area contributed by atoms with Crippen LogP contribution in [0.2, 0.25) is 0 Å². The molecule has 0 aromatic carbocycles. The molecule has 0 bridgehead atoms. The van der Waals surface area contributed by atoms with Gasteiger partial charge in [-0.2, -0.15) is 0 Å². The fourth-order valence-electron chi connectivity index (χ4n) is 7.87. The number of carbonyl (C=O) groups excluding carboxylic acids is 2. The average molecular weight is 391 g/mol. The van der Waals surface area contributed by atoms with Gasteiger partial charge in [-0.05, 0) is 92.3 Å². The lowest BCUT2D eigenvalue weighted by molar-refractivity contribution is -0.163. The summed E-state index contributed by atoms with van der Waals surface area (Å²) in [6.07, 6.45) is 13.4. The summed E-state index contributed by atoms with van der Waals surface area (Å²) in [4.78, 5) is 23.4. The molecule has 4 saturated carbocycles. The number of fused-ring (bicyclic) bond motifs is 5. The Labute approximate surface area is 170 Å². The molecule has 0 aromatic heterocycles. The van der Waals surface area contributed by atoms with Crippen LogP contribution in [0.25, 0.3) is 0 Å². The summed E-state index contributed by atoms with van der Waals surface area (Å²) in [5.41, 5.74) is 1.05. The molecule has 0 spiro atoms. The molecule has 4 aliphatic carbocycles. The maximum Gasteiger partial charge on any atom is 0.306 e. The summed E-state index contributed by atoms with van der Waals surface area (Å²) in [7, 11) is 1.35. The van der Waals surface area contributed by atoms with Gasteiger partial charge in [-0.1, -0.05) is 20.3 Å². The van der Waals surface area contributed by atoms with Crippen molar-refractivity contribution in [1.29, 1.82) is 0 Å². The third kappa shape index (κ3) is 3.50. The maximum absolute atomic E-state index is 12.1. The van der Waals surface area contributed by atoms with Crippen molar-refractivity contribution in [3.63, 3.8) is 0 Å². The first-order valence-electron chi connectivity index (χ1n) is 11.6. The highest BCUT2D eigenvalue weighted by Gasteiger charge is 2.58. The largest absolute Gasteiger partial charge is 0.469 e. The summed E-state index contributed by atoms with van der Waals surface area (Å²) < 4.78 is 10.4. The van der Waals surface area contributed by atoms with Crippen LogP contribution in [0.1, 0.15) is 90.9 Å². The number of esters is 2. The monoisotopic (exact) mass is 390 g/mol. The molecule has 0 radical (unpaired) electrons. The number of rotatable bonds is 4. The Morgan fingerprint density at radius 3 is 2.46 bits per heavy atom. The van der Waals surface area contributed by atoms with Crippen LogP contribution in [0.4, 0.5) is 0 Å². The van der Waals surface area contributed by atoms with Gasteiger partial charge in [-0.25, -0.2) is 0 Å². The van der Waals surface area contributed by atoms with Crippen LogP contribution in [-0.2, 0) is 19.1 Å². The van der Waals surface area contributed by atoms with Crippen molar-refractivity contribution < 1.29 is 19.1 Å².